The summed E-state index contributed by atoms with van der Waals surface area (Å²) < 4.78 is 57.5. The van der Waals surface area contributed by atoms with Crippen molar-refractivity contribution in [2.45, 2.75) is 38.5 Å². The highest BCUT2D eigenvalue weighted by atomic mass is 32.1. The molecule has 0 spiro atoms. The first-order chi connectivity index (χ1) is 19.6. The standard InChI is InChI=1S/C30H27F4N5OS/c1-18-17-20(19(2)39(18)25-13-6-3-9-21(25)30(32,33)34)28-27(24-12-7-8-15-35-24)37-29(41)38(28)16-14-26(40)36-23-11-5-4-10-22(23)31/h3-13,15,17,27-28H,14,16H2,1-2H3,(H,36,40)(H,37,41)/t27-,28+/m0/s1. The Morgan fingerprint density at radius 3 is 2.46 bits per heavy atom. The summed E-state index contributed by atoms with van der Waals surface area (Å²) in [7, 11) is 0. The highest BCUT2D eigenvalue weighted by Gasteiger charge is 2.42. The Morgan fingerprint density at radius 2 is 1.76 bits per heavy atom. The van der Waals surface area contributed by atoms with Crippen LogP contribution in [0.15, 0.2) is 79.0 Å². The SMILES string of the molecule is Cc1cc([C@@H]2[C@H](c3ccccn3)NC(=S)N2CCC(=O)Nc2ccccc2F)c(C)n1-c1ccccc1C(F)(F)F. The molecular weight excluding hydrogens is 554 g/mol. The number of benzene rings is 2. The van der Waals surface area contributed by atoms with Gasteiger partial charge in [0.2, 0.25) is 5.91 Å². The Morgan fingerprint density at radius 1 is 1.05 bits per heavy atom. The molecule has 4 aromatic rings. The molecular formula is C30H27F4N5OS. The molecule has 2 aromatic carbocycles. The second kappa shape index (κ2) is 11.3. The van der Waals surface area contributed by atoms with Crippen molar-refractivity contribution in [1.82, 2.24) is 19.8 Å². The number of carbonyl (C=O) groups excluding carboxylic acids is 1. The summed E-state index contributed by atoms with van der Waals surface area (Å²) in [6, 6.07) is 17.8. The predicted molar refractivity (Wildman–Crippen MR) is 152 cm³/mol. The lowest BCUT2D eigenvalue weighted by molar-refractivity contribution is -0.137. The van der Waals surface area contributed by atoms with Gasteiger partial charge in [-0.15, -0.1) is 0 Å². The van der Waals surface area contributed by atoms with Crippen LogP contribution in [0.25, 0.3) is 5.69 Å². The quantitative estimate of drug-likeness (QED) is 0.189. The molecule has 0 bridgehead atoms. The first-order valence-electron chi connectivity index (χ1n) is 12.9. The van der Waals surface area contributed by atoms with Gasteiger partial charge in [-0.25, -0.2) is 4.39 Å². The number of nitrogens with zero attached hydrogens (tertiary/aromatic N) is 3. The van der Waals surface area contributed by atoms with E-state index in [9.17, 15) is 22.4 Å². The van der Waals surface area contributed by atoms with Gasteiger partial charge < -0.3 is 20.1 Å². The highest BCUT2D eigenvalue weighted by Crippen LogP contribution is 2.42. The molecule has 2 aromatic heterocycles. The lowest BCUT2D eigenvalue weighted by Gasteiger charge is -2.28. The lowest BCUT2D eigenvalue weighted by Crippen LogP contribution is -2.33. The van der Waals surface area contributed by atoms with Crippen molar-refractivity contribution in [2.24, 2.45) is 0 Å². The maximum absolute atomic E-state index is 14.1. The number of aromatic nitrogens is 2. The summed E-state index contributed by atoms with van der Waals surface area (Å²) in [6.07, 6.45) is -2.88. The molecule has 2 atom stereocenters. The van der Waals surface area contributed by atoms with Gasteiger partial charge in [0.15, 0.2) is 5.11 Å². The first kappa shape index (κ1) is 28.3. The molecule has 1 saturated heterocycles. The van der Waals surface area contributed by atoms with Crippen molar-refractivity contribution < 1.29 is 22.4 Å². The van der Waals surface area contributed by atoms with E-state index in [4.69, 9.17) is 12.2 Å². The molecule has 0 saturated carbocycles. The number of thiocarbonyl (C=S) groups is 1. The van der Waals surface area contributed by atoms with Crippen molar-refractivity contribution in [3.8, 4) is 5.69 Å². The van der Waals surface area contributed by atoms with E-state index in [1.165, 1.54) is 30.3 Å². The number of carbonyl (C=O) groups is 1. The molecule has 212 valence electrons. The minimum absolute atomic E-state index is 0.00274. The van der Waals surface area contributed by atoms with Crippen LogP contribution in [-0.2, 0) is 11.0 Å². The number of amides is 1. The summed E-state index contributed by atoms with van der Waals surface area (Å²) >= 11 is 5.68. The van der Waals surface area contributed by atoms with E-state index in [1.807, 2.05) is 23.1 Å². The summed E-state index contributed by atoms with van der Waals surface area (Å²) in [6.45, 7) is 3.71. The maximum atomic E-state index is 14.1. The molecule has 1 aliphatic rings. The maximum Gasteiger partial charge on any atom is 0.418 e. The van der Waals surface area contributed by atoms with Gasteiger partial charge in [0, 0.05) is 30.6 Å². The third-order valence-electron chi connectivity index (χ3n) is 7.16. The largest absolute Gasteiger partial charge is 0.418 e. The average molecular weight is 582 g/mol. The third-order valence-corrected chi connectivity index (χ3v) is 7.52. The molecule has 11 heteroatoms. The molecule has 3 heterocycles. The van der Waals surface area contributed by atoms with E-state index in [0.717, 1.165) is 11.6 Å². The molecule has 1 aliphatic heterocycles. The van der Waals surface area contributed by atoms with Crippen LogP contribution in [0.4, 0.5) is 23.2 Å². The van der Waals surface area contributed by atoms with Crippen molar-refractivity contribution in [2.75, 3.05) is 11.9 Å². The number of alkyl halides is 3. The van der Waals surface area contributed by atoms with Gasteiger partial charge >= 0.3 is 6.18 Å². The summed E-state index contributed by atoms with van der Waals surface area (Å²) in [5, 5.41) is 6.26. The van der Waals surface area contributed by atoms with Gasteiger partial charge in [0.1, 0.15) is 5.82 Å². The van der Waals surface area contributed by atoms with Gasteiger partial charge in [-0.3, -0.25) is 9.78 Å². The molecule has 2 N–H and O–H groups in total. The number of anilines is 1. The van der Waals surface area contributed by atoms with Crippen molar-refractivity contribution >= 4 is 28.9 Å². The van der Waals surface area contributed by atoms with Gasteiger partial charge in [0.05, 0.1) is 34.7 Å². The minimum Gasteiger partial charge on any atom is -0.352 e. The number of rotatable bonds is 7. The van der Waals surface area contributed by atoms with Crippen LogP contribution in [0.1, 0.15) is 46.7 Å². The molecule has 1 fully saturated rings. The van der Waals surface area contributed by atoms with Crippen LogP contribution in [-0.4, -0.2) is 32.0 Å². The zero-order valence-corrected chi connectivity index (χ0v) is 23.1. The Balaban J connectivity index is 1.52. The normalized spacial score (nSPS) is 17.0. The Kier molecular flexibility index (Phi) is 7.81. The fraction of sp³-hybridized carbons (Fsp3) is 0.233. The number of aryl methyl sites for hydroxylation is 1. The van der Waals surface area contributed by atoms with E-state index in [0.29, 0.717) is 22.2 Å². The summed E-state index contributed by atoms with van der Waals surface area (Å²) in [5.41, 5.74) is 2.03. The zero-order valence-electron chi connectivity index (χ0n) is 22.2. The van der Waals surface area contributed by atoms with E-state index in [1.54, 1.807) is 42.8 Å². The van der Waals surface area contributed by atoms with E-state index >= 15 is 0 Å². The Hall–Kier alpha value is -4.25. The molecule has 41 heavy (non-hydrogen) atoms. The molecule has 0 radical (unpaired) electrons. The zero-order chi connectivity index (χ0) is 29.3. The molecule has 5 rings (SSSR count). The summed E-state index contributed by atoms with van der Waals surface area (Å²) in [5.74, 6) is -0.943. The van der Waals surface area contributed by atoms with Crippen LogP contribution in [0.2, 0.25) is 0 Å². The molecule has 0 unspecified atom stereocenters. The minimum atomic E-state index is -4.54. The Labute approximate surface area is 240 Å². The smallest absolute Gasteiger partial charge is 0.352 e. The van der Waals surface area contributed by atoms with Crippen molar-refractivity contribution in [1.29, 1.82) is 0 Å². The third kappa shape index (κ3) is 5.67. The average Bonchev–Trinajstić information content (AvgIpc) is 3.42. The van der Waals surface area contributed by atoms with Gasteiger partial charge in [-0.2, -0.15) is 13.2 Å². The second-order valence-corrected chi connectivity index (χ2v) is 10.2. The fourth-order valence-electron chi connectivity index (χ4n) is 5.35. The van der Waals surface area contributed by atoms with Gasteiger partial charge in [-0.1, -0.05) is 30.3 Å². The fourth-order valence-corrected chi connectivity index (χ4v) is 5.68. The van der Waals surface area contributed by atoms with E-state index in [-0.39, 0.29) is 24.3 Å². The van der Waals surface area contributed by atoms with Gasteiger partial charge in [0.25, 0.3) is 0 Å². The van der Waals surface area contributed by atoms with Gasteiger partial charge in [-0.05, 0) is 74.1 Å². The lowest BCUT2D eigenvalue weighted by atomic mass is 9.96. The van der Waals surface area contributed by atoms with Crippen LogP contribution in [0.5, 0.6) is 0 Å². The number of halogens is 4. The van der Waals surface area contributed by atoms with Crippen LogP contribution in [0, 0.1) is 19.7 Å². The molecule has 6 nitrogen and oxygen atoms in total. The van der Waals surface area contributed by atoms with Crippen LogP contribution in [0.3, 0.4) is 0 Å². The van der Waals surface area contributed by atoms with Crippen LogP contribution >= 0.6 is 12.2 Å². The number of nitrogens with one attached hydrogen (secondary N) is 2. The second-order valence-electron chi connectivity index (χ2n) is 9.77. The first-order valence-corrected chi connectivity index (χ1v) is 13.3. The Bertz CT molecular complexity index is 1590. The number of hydrogen-bond acceptors (Lipinski definition) is 3. The predicted octanol–water partition coefficient (Wildman–Crippen LogP) is 6.65. The number of hydrogen-bond donors (Lipinski definition) is 2. The number of pyridine rings is 1. The highest BCUT2D eigenvalue weighted by molar-refractivity contribution is 7.80. The molecule has 1 amide bonds. The van der Waals surface area contributed by atoms with Crippen molar-refractivity contribution in [3.05, 3.63) is 113 Å². The van der Waals surface area contributed by atoms with E-state index in [2.05, 4.69) is 15.6 Å². The van der Waals surface area contributed by atoms with E-state index < -0.39 is 35.5 Å². The van der Waals surface area contributed by atoms with Crippen LogP contribution < -0.4 is 10.6 Å². The monoisotopic (exact) mass is 581 g/mol. The number of para-hydroxylation sites is 2. The van der Waals surface area contributed by atoms with Crippen molar-refractivity contribution in [3.63, 3.8) is 0 Å². The molecule has 0 aliphatic carbocycles. The summed E-state index contributed by atoms with van der Waals surface area (Å²) in [4.78, 5) is 19.1. The topological polar surface area (TPSA) is 62.2 Å².